The van der Waals surface area contributed by atoms with Crippen LogP contribution in [0.3, 0.4) is 0 Å². The average Bonchev–Trinajstić information content (AvgIpc) is 2.69. The lowest BCUT2D eigenvalue weighted by molar-refractivity contribution is 0.0827. The van der Waals surface area contributed by atoms with Crippen LogP contribution < -0.4 is 15.4 Å². The highest BCUT2D eigenvalue weighted by Crippen LogP contribution is 2.22. The number of amides is 3. The number of hydrogen-bond acceptors (Lipinski definition) is 4. The highest BCUT2D eigenvalue weighted by Gasteiger charge is 2.17. The molecule has 156 valence electrons. The Bertz CT molecular complexity index is 865. The largest absolute Gasteiger partial charge is 0.497 e. The molecule has 1 unspecified atom stereocenters. The molecule has 7 heteroatoms. The minimum Gasteiger partial charge on any atom is -0.497 e. The van der Waals surface area contributed by atoms with E-state index in [4.69, 9.17) is 4.74 Å². The van der Waals surface area contributed by atoms with Crippen LogP contribution >= 0.6 is 0 Å². The number of anilines is 1. The van der Waals surface area contributed by atoms with Gasteiger partial charge in [0.15, 0.2) is 0 Å². The van der Waals surface area contributed by atoms with E-state index in [0.717, 1.165) is 16.9 Å². The van der Waals surface area contributed by atoms with Gasteiger partial charge in [0.25, 0.3) is 5.91 Å². The summed E-state index contributed by atoms with van der Waals surface area (Å²) in [5.74, 6) is 0.663. The van der Waals surface area contributed by atoms with Crippen LogP contribution in [0, 0.1) is 6.92 Å². The molecular weight excluding hydrogens is 368 g/mol. The summed E-state index contributed by atoms with van der Waals surface area (Å²) in [4.78, 5) is 28.2. The molecule has 2 aromatic carbocycles. The lowest BCUT2D eigenvalue weighted by atomic mass is 10.1. The molecule has 0 spiro atoms. The van der Waals surface area contributed by atoms with Crippen LogP contribution in [0.25, 0.3) is 0 Å². The summed E-state index contributed by atoms with van der Waals surface area (Å²) in [5.41, 5.74) is 3.06. The maximum absolute atomic E-state index is 12.5. The van der Waals surface area contributed by atoms with E-state index in [2.05, 4.69) is 10.6 Å². The molecule has 0 aliphatic heterocycles. The summed E-state index contributed by atoms with van der Waals surface area (Å²) in [7, 11) is 8.95. The van der Waals surface area contributed by atoms with Gasteiger partial charge in [0.1, 0.15) is 5.75 Å². The Balaban J connectivity index is 2.08. The van der Waals surface area contributed by atoms with Gasteiger partial charge < -0.3 is 25.2 Å². The maximum atomic E-state index is 12.5. The molecule has 2 N–H and O–H groups in total. The summed E-state index contributed by atoms with van der Waals surface area (Å²) in [6.07, 6.45) is 0. The van der Waals surface area contributed by atoms with Crippen molar-refractivity contribution in [3.05, 3.63) is 59.2 Å². The number of benzene rings is 2. The maximum Gasteiger partial charge on any atom is 0.319 e. The summed E-state index contributed by atoms with van der Waals surface area (Å²) in [5, 5.41) is 5.77. The molecule has 0 saturated carbocycles. The SMILES string of the molecule is COc1cccc(C(CNC(=O)Nc2cc(C(=O)N(C)C)ccc2C)N(C)C)c1. The number of nitrogens with one attached hydrogen (secondary N) is 2. The number of urea groups is 1. The smallest absolute Gasteiger partial charge is 0.319 e. The van der Waals surface area contributed by atoms with E-state index in [-0.39, 0.29) is 18.0 Å². The van der Waals surface area contributed by atoms with E-state index in [9.17, 15) is 9.59 Å². The highest BCUT2D eigenvalue weighted by atomic mass is 16.5. The molecule has 0 heterocycles. The fraction of sp³-hybridized carbons (Fsp3) is 0.364. The van der Waals surface area contributed by atoms with Gasteiger partial charge in [0, 0.05) is 31.9 Å². The fourth-order valence-corrected chi connectivity index (χ4v) is 2.95. The van der Waals surface area contributed by atoms with Crippen molar-refractivity contribution in [1.82, 2.24) is 15.1 Å². The summed E-state index contributed by atoms with van der Waals surface area (Å²) < 4.78 is 5.30. The molecule has 2 rings (SSSR count). The standard InChI is InChI=1S/C22H30N4O3/c1-15-10-11-17(21(27)26(4)5)13-19(15)24-22(28)23-14-20(25(2)3)16-8-7-9-18(12-16)29-6/h7-13,20H,14H2,1-6H3,(H2,23,24,28). The molecule has 2 aromatic rings. The van der Waals surface area contributed by atoms with E-state index >= 15 is 0 Å². The minimum atomic E-state index is -0.322. The molecule has 0 fully saturated rings. The van der Waals surface area contributed by atoms with E-state index in [1.165, 1.54) is 4.90 Å². The van der Waals surface area contributed by atoms with Crippen LogP contribution in [0.2, 0.25) is 0 Å². The van der Waals surface area contributed by atoms with Crippen molar-refractivity contribution in [1.29, 1.82) is 0 Å². The quantitative estimate of drug-likeness (QED) is 0.752. The van der Waals surface area contributed by atoms with E-state index < -0.39 is 0 Å². The van der Waals surface area contributed by atoms with Crippen molar-refractivity contribution in [2.24, 2.45) is 0 Å². The van der Waals surface area contributed by atoms with Crippen molar-refractivity contribution in [2.45, 2.75) is 13.0 Å². The second kappa shape index (κ2) is 9.93. The van der Waals surface area contributed by atoms with Crippen molar-refractivity contribution >= 4 is 17.6 Å². The highest BCUT2D eigenvalue weighted by molar-refractivity contribution is 5.97. The third-order valence-corrected chi connectivity index (χ3v) is 4.70. The Labute approximate surface area is 172 Å². The van der Waals surface area contributed by atoms with Crippen LogP contribution in [-0.2, 0) is 0 Å². The Hall–Kier alpha value is -3.06. The summed E-state index contributed by atoms with van der Waals surface area (Å²) >= 11 is 0. The van der Waals surface area contributed by atoms with Crippen LogP contribution in [0.5, 0.6) is 5.75 Å². The van der Waals surface area contributed by atoms with E-state index in [1.54, 1.807) is 33.3 Å². The van der Waals surface area contributed by atoms with Gasteiger partial charge >= 0.3 is 6.03 Å². The normalized spacial score (nSPS) is 11.7. The lowest BCUT2D eigenvalue weighted by Gasteiger charge is -2.25. The monoisotopic (exact) mass is 398 g/mol. The van der Waals surface area contributed by atoms with Crippen LogP contribution in [0.1, 0.15) is 27.5 Å². The summed E-state index contributed by atoms with van der Waals surface area (Å²) in [6, 6.07) is 12.7. The zero-order valence-electron chi connectivity index (χ0n) is 17.9. The first-order chi connectivity index (χ1) is 13.7. The molecule has 1 atom stereocenters. The predicted octanol–water partition coefficient (Wildman–Crippen LogP) is 3.13. The molecule has 0 aliphatic carbocycles. The first-order valence-electron chi connectivity index (χ1n) is 9.40. The van der Waals surface area contributed by atoms with E-state index in [1.807, 2.05) is 56.3 Å². The number of carbonyl (C=O) groups is 2. The van der Waals surface area contributed by atoms with Gasteiger partial charge in [-0.2, -0.15) is 0 Å². The Morgan fingerprint density at radius 3 is 2.41 bits per heavy atom. The lowest BCUT2D eigenvalue weighted by Crippen LogP contribution is -2.37. The van der Waals surface area contributed by atoms with Crippen molar-refractivity contribution in [2.75, 3.05) is 47.2 Å². The topological polar surface area (TPSA) is 73.9 Å². The Morgan fingerprint density at radius 1 is 1.07 bits per heavy atom. The first-order valence-corrected chi connectivity index (χ1v) is 9.40. The number of likely N-dealkylation sites (N-methyl/N-ethyl adjacent to an activating group) is 1. The molecule has 0 aromatic heterocycles. The number of ether oxygens (including phenoxy) is 1. The van der Waals surface area contributed by atoms with Gasteiger partial charge in [0.05, 0.1) is 13.2 Å². The molecule has 0 aliphatic rings. The second-order valence-corrected chi connectivity index (χ2v) is 7.32. The molecule has 0 saturated heterocycles. The molecule has 7 nitrogen and oxygen atoms in total. The van der Waals surface area contributed by atoms with Crippen molar-refractivity contribution in [3.8, 4) is 5.75 Å². The molecule has 0 radical (unpaired) electrons. The van der Waals surface area contributed by atoms with Gasteiger partial charge in [-0.15, -0.1) is 0 Å². The molecule has 0 bridgehead atoms. The van der Waals surface area contributed by atoms with Gasteiger partial charge in [0.2, 0.25) is 0 Å². The number of hydrogen-bond donors (Lipinski definition) is 2. The van der Waals surface area contributed by atoms with Crippen LogP contribution in [0.4, 0.5) is 10.5 Å². The predicted molar refractivity (Wildman–Crippen MR) is 116 cm³/mol. The number of methoxy groups -OCH3 is 1. The molecule has 29 heavy (non-hydrogen) atoms. The number of carbonyl (C=O) groups excluding carboxylic acids is 2. The van der Waals surface area contributed by atoms with Gasteiger partial charge in [-0.05, 0) is 56.4 Å². The number of aryl methyl sites for hydroxylation is 1. The fourth-order valence-electron chi connectivity index (χ4n) is 2.95. The zero-order valence-corrected chi connectivity index (χ0v) is 17.9. The summed E-state index contributed by atoms with van der Waals surface area (Å²) in [6.45, 7) is 2.31. The van der Waals surface area contributed by atoms with Gasteiger partial charge in [-0.1, -0.05) is 18.2 Å². The Morgan fingerprint density at radius 2 is 1.79 bits per heavy atom. The third kappa shape index (κ3) is 5.96. The number of nitrogens with zero attached hydrogens (tertiary/aromatic N) is 2. The number of rotatable bonds is 7. The van der Waals surface area contributed by atoms with Gasteiger partial charge in [-0.25, -0.2) is 4.79 Å². The van der Waals surface area contributed by atoms with Gasteiger partial charge in [-0.3, -0.25) is 4.79 Å². The van der Waals surface area contributed by atoms with Crippen LogP contribution in [-0.4, -0.2) is 63.6 Å². The average molecular weight is 399 g/mol. The Kier molecular flexibility index (Phi) is 7.61. The third-order valence-electron chi connectivity index (χ3n) is 4.70. The van der Waals surface area contributed by atoms with Crippen molar-refractivity contribution < 1.29 is 14.3 Å². The minimum absolute atomic E-state index is 0.0152. The first kappa shape index (κ1) is 22.2. The van der Waals surface area contributed by atoms with E-state index in [0.29, 0.717) is 17.8 Å². The molecular formula is C22H30N4O3. The van der Waals surface area contributed by atoms with Crippen molar-refractivity contribution in [3.63, 3.8) is 0 Å². The van der Waals surface area contributed by atoms with Crippen LogP contribution in [0.15, 0.2) is 42.5 Å². The second-order valence-electron chi connectivity index (χ2n) is 7.32. The molecule has 3 amide bonds. The zero-order chi connectivity index (χ0) is 21.6.